The van der Waals surface area contributed by atoms with Crippen LogP contribution in [0, 0.1) is 11.7 Å². The van der Waals surface area contributed by atoms with Gasteiger partial charge in [-0.05, 0) is 43.9 Å². The van der Waals surface area contributed by atoms with Crippen LogP contribution in [0.3, 0.4) is 0 Å². The number of nitrogens with one attached hydrogen (secondary N) is 1. The van der Waals surface area contributed by atoms with E-state index in [-0.39, 0.29) is 36.6 Å². The number of halogens is 2. The smallest absolute Gasteiger partial charge is 0.246 e. The number of carbonyl (C=O) groups excluding carboxylic acids is 2. The van der Waals surface area contributed by atoms with Crippen LogP contribution in [0.15, 0.2) is 22.7 Å². The van der Waals surface area contributed by atoms with Crippen LogP contribution in [0.1, 0.15) is 25.3 Å². The molecule has 2 amide bonds. The van der Waals surface area contributed by atoms with Crippen LogP contribution in [-0.4, -0.2) is 28.8 Å². The highest BCUT2D eigenvalue weighted by Crippen LogP contribution is 2.44. The third kappa shape index (κ3) is 2.46. The predicted molar refractivity (Wildman–Crippen MR) is 78.8 cm³/mol. The molecule has 1 aliphatic carbocycles. The SMILES string of the molecule is CC1(C2CC2)C(=O)NCC(=O)N1Cc1cc(Br)ccc1F. The minimum atomic E-state index is -0.871. The fourth-order valence-electron chi connectivity index (χ4n) is 2.95. The normalized spacial score (nSPS) is 26.0. The maximum atomic E-state index is 14.0. The Morgan fingerprint density at radius 2 is 2.14 bits per heavy atom. The third-order valence-electron chi connectivity index (χ3n) is 4.43. The zero-order chi connectivity index (χ0) is 15.2. The molecular formula is C15H16BrFN2O2. The summed E-state index contributed by atoms with van der Waals surface area (Å²) in [5.74, 6) is -0.504. The van der Waals surface area contributed by atoms with Crippen molar-refractivity contribution >= 4 is 27.7 Å². The highest BCUT2D eigenvalue weighted by atomic mass is 79.9. The van der Waals surface area contributed by atoms with E-state index in [1.807, 2.05) is 0 Å². The Labute approximate surface area is 130 Å². The Morgan fingerprint density at radius 1 is 1.43 bits per heavy atom. The Kier molecular flexibility index (Phi) is 3.51. The maximum absolute atomic E-state index is 14.0. The molecule has 1 saturated carbocycles. The van der Waals surface area contributed by atoms with Gasteiger partial charge in [-0.1, -0.05) is 15.9 Å². The van der Waals surface area contributed by atoms with Crippen molar-refractivity contribution in [3.8, 4) is 0 Å². The molecule has 0 spiro atoms. The molecule has 1 atom stereocenters. The van der Waals surface area contributed by atoms with Crippen LogP contribution >= 0.6 is 15.9 Å². The molecule has 1 aromatic carbocycles. The number of carbonyl (C=O) groups is 2. The average Bonchev–Trinajstić information content (AvgIpc) is 3.28. The second-order valence-electron chi connectivity index (χ2n) is 5.82. The third-order valence-corrected chi connectivity index (χ3v) is 4.92. The molecule has 112 valence electrons. The molecule has 21 heavy (non-hydrogen) atoms. The van der Waals surface area contributed by atoms with Crippen molar-refractivity contribution in [2.45, 2.75) is 31.8 Å². The van der Waals surface area contributed by atoms with Gasteiger partial charge >= 0.3 is 0 Å². The van der Waals surface area contributed by atoms with Crippen molar-refractivity contribution in [2.24, 2.45) is 5.92 Å². The van der Waals surface area contributed by atoms with E-state index in [1.165, 1.54) is 11.0 Å². The predicted octanol–water partition coefficient (Wildman–Crippen LogP) is 2.22. The lowest BCUT2D eigenvalue weighted by Gasteiger charge is -2.44. The molecule has 1 aliphatic heterocycles. The van der Waals surface area contributed by atoms with Gasteiger partial charge in [-0.2, -0.15) is 0 Å². The average molecular weight is 355 g/mol. The molecule has 3 rings (SSSR count). The lowest BCUT2D eigenvalue weighted by atomic mass is 9.89. The summed E-state index contributed by atoms with van der Waals surface area (Å²) in [6.45, 7) is 1.88. The van der Waals surface area contributed by atoms with E-state index in [9.17, 15) is 14.0 Å². The van der Waals surface area contributed by atoms with E-state index >= 15 is 0 Å². The monoisotopic (exact) mass is 354 g/mol. The quantitative estimate of drug-likeness (QED) is 0.904. The zero-order valence-corrected chi connectivity index (χ0v) is 13.2. The van der Waals surface area contributed by atoms with Crippen molar-refractivity contribution < 1.29 is 14.0 Å². The number of hydrogen-bond acceptors (Lipinski definition) is 2. The lowest BCUT2D eigenvalue weighted by molar-refractivity contribution is -0.155. The Bertz CT molecular complexity index is 618. The van der Waals surface area contributed by atoms with Gasteiger partial charge in [0.05, 0.1) is 6.54 Å². The van der Waals surface area contributed by atoms with E-state index in [4.69, 9.17) is 0 Å². The number of piperazine rings is 1. The molecule has 0 radical (unpaired) electrons. The van der Waals surface area contributed by atoms with Gasteiger partial charge < -0.3 is 10.2 Å². The number of rotatable bonds is 3. The summed E-state index contributed by atoms with van der Waals surface area (Å²) >= 11 is 3.31. The Hall–Kier alpha value is -1.43. The highest BCUT2D eigenvalue weighted by molar-refractivity contribution is 9.10. The van der Waals surface area contributed by atoms with Crippen LogP contribution in [-0.2, 0) is 16.1 Å². The van der Waals surface area contributed by atoms with E-state index in [0.29, 0.717) is 5.56 Å². The van der Waals surface area contributed by atoms with E-state index in [2.05, 4.69) is 21.2 Å². The van der Waals surface area contributed by atoms with Crippen LogP contribution < -0.4 is 5.32 Å². The van der Waals surface area contributed by atoms with Crippen LogP contribution in [0.25, 0.3) is 0 Å². The number of amides is 2. The largest absolute Gasteiger partial charge is 0.345 e. The van der Waals surface area contributed by atoms with Gasteiger partial charge in [-0.3, -0.25) is 9.59 Å². The fraction of sp³-hybridized carbons (Fsp3) is 0.467. The van der Waals surface area contributed by atoms with Gasteiger partial charge in [0, 0.05) is 16.6 Å². The topological polar surface area (TPSA) is 49.4 Å². The first-order valence-electron chi connectivity index (χ1n) is 6.95. The maximum Gasteiger partial charge on any atom is 0.246 e. The summed E-state index contributed by atoms with van der Waals surface area (Å²) in [6, 6.07) is 4.63. The van der Waals surface area contributed by atoms with Gasteiger partial charge in [-0.25, -0.2) is 4.39 Å². The van der Waals surface area contributed by atoms with Crippen molar-refractivity contribution in [3.63, 3.8) is 0 Å². The van der Waals surface area contributed by atoms with Crippen molar-refractivity contribution in [1.82, 2.24) is 10.2 Å². The molecule has 1 N–H and O–H groups in total. The molecule has 1 aromatic rings. The Balaban J connectivity index is 1.95. The van der Waals surface area contributed by atoms with Crippen molar-refractivity contribution in [2.75, 3.05) is 6.54 Å². The molecule has 1 saturated heterocycles. The molecule has 2 fully saturated rings. The van der Waals surface area contributed by atoms with Crippen LogP contribution in [0.4, 0.5) is 4.39 Å². The highest BCUT2D eigenvalue weighted by Gasteiger charge is 2.54. The fourth-order valence-corrected chi connectivity index (χ4v) is 3.36. The van der Waals surface area contributed by atoms with Crippen LogP contribution in [0.2, 0.25) is 0 Å². The first-order chi connectivity index (χ1) is 9.92. The summed E-state index contributed by atoms with van der Waals surface area (Å²) in [4.78, 5) is 26.1. The zero-order valence-electron chi connectivity index (χ0n) is 11.7. The van der Waals surface area contributed by atoms with Gasteiger partial charge in [0.1, 0.15) is 11.4 Å². The molecule has 0 bridgehead atoms. The summed E-state index contributed by atoms with van der Waals surface area (Å²) in [5, 5.41) is 2.65. The lowest BCUT2D eigenvalue weighted by Crippen LogP contribution is -2.66. The summed E-state index contributed by atoms with van der Waals surface area (Å²) < 4.78 is 14.7. The molecule has 6 heteroatoms. The summed E-state index contributed by atoms with van der Waals surface area (Å²) in [6.07, 6.45) is 1.85. The number of benzene rings is 1. The second-order valence-corrected chi connectivity index (χ2v) is 6.74. The van der Waals surface area contributed by atoms with E-state index in [1.54, 1.807) is 19.1 Å². The summed E-state index contributed by atoms with van der Waals surface area (Å²) in [5.41, 5.74) is -0.455. The minimum Gasteiger partial charge on any atom is -0.345 e. The molecule has 2 aliphatic rings. The second kappa shape index (κ2) is 5.09. The van der Waals surface area contributed by atoms with E-state index in [0.717, 1.165) is 17.3 Å². The first-order valence-corrected chi connectivity index (χ1v) is 7.75. The summed E-state index contributed by atoms with van der Waals surface area (Å²) in [7, 11) is 0. The van der Waals surface area contributed by atoms with Gasteiger partial charge in [0.2, 0.25) is 11.8 Å². The van der Waals surface area contributed by atoms with E-state index < -0.39 is 5.54 Å². The van der Waals surface area contributed by atoms with Crippen molar-refractivity contribution in [1.29, 1.82) is 0 Å². The number of hydrogen-bond donors (Lipinski definition) is 1. The molecular weight excluding hydrogens is 339 g/mol. The Morgan fingerprint density at radius 3 is 2.81 bits per heavy atom. The standard InChI is InChI=1S/C15H16BrFN2O2/c1-15(10-2-3-10)14(21)18-7-13(20)19(15)8-9-6-11(16)4-5-12(9)17/h4-6,10H,2-3,7-8H2,1H3,(H,18,21). The molecule has 1 unspecified atom stereocenters. The molecule has 4 nitrogen and oxygen atoms in total. The minimum absolute atomic E-state index is 0.0171. The van der Waals surface area contributed by atoms with Gasteiger partial charge in [-0.15, -0.1) is 0 Å². The first kappa shape index (κ1) is 14.5. The van der Waals surface area contributed by atoms with Crippen molar-refractivity contribution in [3.05, 3.63) is 34.1 Å². The van der Waals surface area contributed by atoms with Crippen LogP contribution in [0.5, 0.6) is 0 Å². The van der Waals surface area contributed by atoms with Gasteiger partial charge in [0.25, 0.3) is 0 Å². The van der Waals surface area contributed by atoms with Gasteiger partial charge in [0.15, 0.2) is 0 Å². The number of nitrogens with zero attached hydrogens (tertiary/aromatic N) is 1. The molecule has 1 heterocycles. The molecule has 0 aromatic heterocycles.